The van der Waals surface area contributed by atoms with Crippen LogP contribution in [-0.4, -0.2) is 49.4 Å². The minimum Gasteiger partial charge on any atom is -0.342 e. The van der Waals surface area contributed by atoms with Gasteiger partial charge in [-0.15, -0.1) is 5.10 Å². The van der Waals surface area contributed by atoms with Gasteiger partial charge in [0.05, 0.1) is 10.9 Å². The van der Waals surface area contributed by atoms with Gasteiger partial charge in [0.1, 0.15) is 0 Å². The summed E-state index contributed by atoms with van der Waals surface area (Å²) in [5, 5.41) is 12.5. The molecule has 0 N–H and O–H groups in total. The second-order valence-electron chi connectivity index (χ2n) is 7.12. The van der Waals surface area contributed by atoms with Crippen LogP contribution in [0.1, 0.15) is 57.9 Å². The summed E-state index contributed by atoms with van der Waals surface area (Å²) in [6.07, 6.45) is 4.64. The van der Waals surface area contributed by atoms with E-state index < -0.39 is 0 Å². The Morgan fingerprint density at radius 3 is 2.31 bits per heavy atom. The zero-order valence-corrected chi connectivity index (χ0v) is 16.6. The first-order chi connectivity index (χ1) is 12.6. The number of benzene rings is 1. The summed E-state index contributed by atoms with van der Waals surface area (Å²) < 4.78 is 1.71. The van der Waals surface area contributed by atoms with Crippen molar-refractivity contribution in [1.82, 2.24) is 25.1 Å². The maximum Gasteiger partial charge on any atom is 0.235 e. The number of rotatable bonds is 5. The molecule has 0 radical (unpaired) electrons. The highest BCUT2D eigenvalue weighted by atomic mass is 32.2. The van der Waals surface area contributed by atoms with Crippen molar-refractivity contribution in [2.75, 3.05) is 13.1 Å². The number of aromatic nitrogens is 4. The van der Waals surface area contributed by atoms with E-state index >= 15 is 0 Å². The first-order valence-electron chi connectivity index (χ1n) is 9.40. The van der Waals surface area contributed by atoms with E-state index in [4.69, 9.17) is 0 Å². The molecule has 1 saturated heterocycles. The second-order valence-corrected chi connectivity index (χ2v) is 8.43. The minimum absolute atomic E-state index is 0.182. The Balaban J connectivity index is 1.70. The fourth-order valence-corrected chi connectivity index (χ4v) is 4.06. The molecule has 3 rings (SSSR count). The molecule has 1 atom stereocenters. The Labute approximate surface area is 159 Å². The molecule has 0 spiro atoms. The highest BCUT2D eigenvalue weighted by Crippen LogP contribution is 2.25. The summed E-state index contributed by atoms with van der Waals surface area (Å²) in [4.78, 5) is 14.8. The van der Waals surface area contributed by atoms with Crippen LogP contribution < -0.4 is 0 Å². The number of carbonyl (C=O) groups is 1. The second kappa shape index (κ2) is 8.66. The molecule has 26 heavy (non-hydrogen) atoms. The van der Waals surface area contributed by atoms with Gasteiger partial charge in [-0.3, -0.25) is 4.79 Å². The van der Waals surface area contributed by atoms with Gasteiger partial charge in [-0.1, -0.05) is 50.6 Å². The fraction of sp³-hybridized carbons (Fsp3) is 0.579. The number of nitrogens with zero attached hydrogens (tertiary/aromatic N) is 5. The fourth-order valence-electron chi connectivity index (χ4n) is 3.17. The van der Waals surface area contributed by atoms with E-state index in [-0.39, 0.29) is 11.2 Å². The first kappa shape index (κ1) is 18.9. The summed E-state index contributed by atoms with van der Waals surface area (Å²) in [6.45, 7) is 8.02. The third-order valence-corrected chi connectivity index (χ3v) is 5.81. The Bertz CT molecular complexity index is 720. The Hall–Kier alpha value is -1.89. The largest absolute Gasteiger partial charge is 0.342 e. The third kappa shape index (κ3) is 4.44. The van der Waals surface area contributed by atoms with Gasteiger partial charge < -0.3 is 4.90 Å². The average Bonchev–Trinajstić information content (AvgIpc) is 2.92. The molecule has 1 aromatic heterocycles. The van der Waals surface area contributed by atoms with Crippen LogP contribution in [0.25, 0.3) is 5.69 Å². The van der Waals surface area contributed by atoms with Crippen molar-refractivity contribution in [3.8, 4) is 5.69 Å². The number of hydrogen-bond acceptors (Lipinski definition) is 5. The number of tetrazole rings is 1. The minimum atomic E-state index is -0.201. The van der Waals surface area contributed by atoms with Crippen LogP contribution >= 0.6 is 11.8 Å². The van der Waals surface area contributed by atoms with Gasteiger partial charge in [0.15, 0.2) is 0 Å². The van der Waals surface area contributed by atoms with E-state index in [2.05, 4.69) is 41.5 Å². The quantitative estimate of drug-likeness (QED) is 0.748. The number of carbonyl (C=O) groups excluding carboxylic acids is 1. The maximum atomic E-state index is 12.8. The Morgan fingerprint density at radius 2 is 1.69 bits per heavy atom. The average molecular weight is 374 g/mol. The van der Waals surface area contributed by atoms with E-state index in [0.29, 0.717) is 11.1 Å². The molecular weight excluding hydrogens is 346 g/mol. The SMILES string of the molecule is CC(Sc1nnnn1-c1ccc(C(C)C)cc1)C(=O)N1CCCCCC1. The Kier molecular flexibility index (Phi) is 6.29. The van der Waals surface area contributed by atoms with Crippen LogP contribution in [0.15, 0.2) is 29.4 Å². The standard InChI is InChI=1S/C19H27N5OS/c1-14(2)16-8-10-17(11-9-16)24-19(20-21-22-24)26-15(3)18(25)23-12-6-4-5-7-13-23/h8-11,14-15H,4-7,12-13H2,1-3H3. The summed E-state index contributed by atoms with van der Waals surface area (Å²) >= 11 is 1.43. The lowest BCUT2D eigenvalue weighted by molar-refractivity contribution is -0.130. The molecule has 1 unspecified atom stereocenters. The zero-order chi connectivity index (χ0) is 18.5. The van der Waals surface area contributed by atoms with Gasteiger partial charge >= 0.3 is 0 Å². The van der Waals surface area contributed by atoms with Crippen molar-refractivity contribution in [3.63, 3.8) is 0 Å². The molecule has 7 heteroatoms. The number of likely N-dealkylation sites (tertiary alicyclic amines) is 1. The lowest BCUT2D eigenvalue weighted by atomic mass is 10.0. The van der Waals surface area contributed by atoms with Gasteiger partial charge in [-0.2, -0.15) is 4.68 Å². The molecule has 140 valence electrons. The normalized spacial score (nSPS) is 16.5. The molecule has 1 aliphatic heterocycles. The van der Waals surface area contributed by atoms with Crippen LogP contribution in [0.5, 0.6) is 0 Å². The summed E-state index contributed by atoms with van der Waals surface area (Å²) in [5.74, 6) is 0.666. The topological polar surface area (TPSA) is 63.9 Å². The van der Waals surface area contributed by atoms with Crippen molar-refractivity contribution >= 4 is 17.7 Å². The van der Waals surface area contributed by atoms with Crippen molar-refractivity contribution < 1.29 is 4.79 Å². The highest BCUT2D eigenvalue weighted by molar-refractivity contribution is 8.00. The van der Waals surface area contributed by atoms with Crippen molar-refractivity contribution in [3.05, 3.63) is 29.8 Å². The van der Waals surface area contributed by atoms with Gasteiger partial charge in [0.25, 0.3) is 0 Å². The molecular formula is C19H27N5OS. The van der Waals surface area contributed by atoms with Gasteiger partial charge in [-0.25, -0.2) is 0 Å². The predicted molar refractivity (Wildman–Crippen MR) is 104 cm³/mol. The molecule has 1 aromatic carbocycles. The van der Waals surface area contributed by atoms with Crippen LogP contribution in [-0.2, 0) is 4.79 Å². The molecule has 1 fully saturated rings. The van der Waals surface area contributed by atoms with Crippen LogP contribution in [0, 0.1) is 0 Å². The van der Waals surface area contributed by atoms with Crippen LogP contribution in [0.3, 0.4) is 0 Å². The zero-order valence-electron chi connectivity index (χ0n) is 15.8. The summed E-state index contributed by atoms with van der Waals surface area (Å²) in [5.41, 5.74) is 2.19. The van der Waals surface area contributed by atoms with Crippen molar-refractivity contribution in [2.24, 2.45) is 0 Å². The maximum absolute atomic E-state index is 12.8. The van der Waals surface area contributed by atoms with E-state index in [0.717, 1.165) is 31.6 Å². The highest BCUT2D eigenvalue weighted by Gasteiger charge is 2.24. The monoisotopic (exact) mass is 373 g/mol. The van der Waals surface area contributed by atoms with E-state index in [9.17, 15) is 4.79 Å². The summed E-state index contributed by atoms with van der Waals surface area (Å²) in [7, 11) is 0. The molecule has 6 nitrogen and oxygen atoms in total. The number of thioether (sulfide) groups is 1. The molecule has 2 heterocycles. The van der Waals surface area contributed by atoms with Crippen molar-refractivity contribution in [2.45, 2.75) is 62.8 Å². The Morgan fingerprint density at radius 1 is 1.04 bits per heavy atom. The van der Waals surface area contributed by atoms with Gasteiger partial charge in [0.2, 0.25) is 11.1 Å². The lowest BCUT2D eigenvalue weighted by Gasteiger charge is -2.23. The molecule has 1 aliphatic rings. The molecule has 0 aliphatic carbocycles. The van der Waals surface area contributed by atoms with Crippen molar-refractivity contribution in [1.29, 1.82) is 0 Å². The molecule has 0 bridgehead atoms. The predicted octanol–water partition coefficient (Wildman–Crippen LogP) is 3.67. The van der Waals surface area contributed by atoms with Gasteiger partial charge in [-0.05, 0) is 53.8 Å². The van der Waals surface area contributed by atoms with E-state index in [1.165, 1.54) is 30.2 Å². The lowest BCUT2D eigenvalue weighted by Crippen LogP contribution is -2.37. The van der Waals surface area contributed by atoms with Crippen LogP contribution in [0.2, 0.25) is 0 Å². The molecule has 1 amide bonds. The summed E-state index contributed by atoms with van der Waals surface area (Å²) in [6, 6.07) is 8.25. The third-order valence-electron chi connectivity index (χ3n) is 4.79. The number of amides is 1. The molecule has 0 saturated carbocycles. The molecule has 2 aromatic rings. The van der Waals surface area contributed by atoms with Crippen LogP contribution in [0.4, 0.5) is 0 Å². The van der Waals surface area contributed by atoms with E-state index in [1.54, 1.807) is 4.68 Å². The number of hydrogen-bond donors (Lipinski definition) is 0. The smallest absolute Gasteiger partial charge is 0.235 e. The van der Waals surface area contributed by atoms with Gasteiger partial charge in [0, 0.05) is 13.1 Å². The first-order valence-corrected chi connectivity index (χ1v) is 10.3. The van der Waals surface area contributed by atoms with E-state index in [1.807, 2.05) is 24.0 Å².